The molecule has 0 aromatic carbocycles. The minimum Gasteiger partial charge on any atom is -0.479 e. The molecule has 1 nitrogen and oxygen atoms in total. The standard InChI is InChI=1S/C10H13ClO/c1-8-4-2-5-10(6-3-7-11)9(8)12-10/h2,4H,3,5-7H2,1H3. The van der Waals surface area contributed by atoms with Gasteiger partial charge in [0.1, 0.15) is 5.76 Å². The number of allylic oxidation sites excluding steroid dienone is 2. The molecule has 0 aromatic rings. The molecule has 0 N–H and O–H groups in total. The van der Waals surface area contributed by atoms with Crippen molar-refractivity contribution in [3.05, 3.63) is 23.5 Å². The van der Waals surface area contributed by atoms with Gasteiger partial charge in [0.15, 0.2) is 5.60 Å². The first kappa shape index (κ1) is 8.18. The van der Waals surface area contributed by atoms with Crippen LogP contribution in [-0.4, -0.2) is 11.5 Å². The molecule has 0 bridgehead atoms. The Balaban J connectivity index is 2.04. The zero-order valence-electron chi connectivity index (χ0n) is 7.27. The summed E-state index contributed by atoms with van der Waals surface area (Å²) in [5.41, 5.74) is 1.36. The molecule has 1 atom stereocenters. The molecule has 1 aliphatic heterocycles. The van der Waals surface area contributed by atoms with Crippen LogP contribution in [0.25, 0.3) is 0 Å². The van der Waals surface area contributed by atoms with Crippen LogP contribution in [0.2, 0.25) is 0 Å². The minimum atomic E-state index is 0.0771. The summed E-state index contributed by atoms with van der Waals surface area (Å²) in [7, 11) is 0. The topological polar surface area (TPSA) is 12.5 Å². The second-order valence-corrected chi connectivity index (χ2v) is 3.89. The Hall–Kier alpha value is -0.430. The SMILES string of the molecule is CC1=C2OC2(CCCCl)CC=C1. The molecule has 2 heteroatoms. The van der Waals surface area contributed by atoms with Crippen molar-refractivity contribution in [3.8, 4) is 0 Å². The molecule has 0 amide bonds. The lowest BCUT2D eigenvalue weighted by Gasteiger charge is -2.07. The largest absolute Gasteiger partial charge is 0.479 e. The second kappa shape index (κ2) is 2.81. The lowest BCUT2D eigenvalue weighted by atomic mass is 9.92. The third kappa shape index (κ3) is 1.16. The zero-order valence-corrected chi connectivity index (χ0v) is 8.03. The number of epoxide rings is 1. The highest BCUT2D eigenvalue weighted by Crippen LogP contribution is 2.51. The quantitative estimate of drug-likeness (QED) is 0.485. The number of hydrogen-bond acceptors (Lipinski definition) is 1. The van der Waals surface area contributed by atoms with E-state index in [9.17, 15) is 0 Å². The third-order valence-corrected chi connectivity index (χ3v) is 2.82. The minimum absolute atomic E-state index is 0.0771. The molecule has 12 heavy (non-hydrogen) atoms. The van der Waals surface area contributed by atoms with Crippen LogP contribution in [0.3, 0.4) is 0 Å². The fourth-order valence-corrected chi connectivity index (χ4v) is 2.00. The van der Waals surface area contributed by atoms with Gasteiger partial charge in [-0.15, -0.1) is 11.6 Å². The summed E-state index contributed by atoms with van der Waals surface area (Å²) in [6, 6.07) is 0. The van der Waals surface area contributed by atoms with Gasteiger partial charge in [0.25, 0.3) is 0 Å². The Labute approximate surface area is 78.0 Å². The Bertz CT molecular complexity index is 255. The van der Waals surface area contributed by atoms with Crippen molar-refractivity contribution in [2.75, 3.05) is 5.88 Å². The van der Waals surface area contributed by atoms with Crippen molar-refractivity contribution < 1.29 is 4.74 Å². The maximum absolute atomic E-state index is 5.65. The second-order valence-electron chi connectivity index (χ2n) is 3.51. The number of ether oxygens (including phenoxy) is 1. The predicted molar refractivity (Wildman–Crippen MR) is 50.2 cm³/mol. The van der Waals surface area contributed by atoms with Gasteiger partial charge in [-0.1, -0.05) is 12.2 Å². The van der Waals surface area contributed by atoms with E-state index in [1.165, 1.54) is 11.3 Å². The molecule has 66 valence electrons. The van der Waals surface area contributed by atoms with Crippen molar-refractivity contribution in [2.45, 2.75) is 31.8 Å². The average Bonchev–Trinajstić information content (AvgIpc) is 2.78. The summed E-state index contributed by atoms with van der Waals surface area (Å²) in [4.78, 5) is 0. The molecular formula is C10H13ClO. The zero-order chi connectivity index (χ0) is 8.60. The van der Waals surface area contributed by atoms with E-state index in [1.807, 2.05) is 0 Å². The van der Waals surface area contributed by atoms with Crippen LogP contribution in [0.1, 0.15) is 26.2 Å². The number of hydrogen-bond donors (Lipinski definition) is 0. The van der Waals surface area contributed by atoms with Gasteiger partial charge in [-0.2, -0.15) is 0 Å². The molecule has 1 unspecified atom stereocenters. The highest BCUT2D eigenvalue weighted by atomic mass is 35.5. The van der Waals surface area contributed by atoms with E-state index < -0.39 is 0 Å². The Morgan fingerprint density at radius 1 is 1.67 bits per heavy atom. The molecule has 2 aliphatic rings. The molecule has 0 spiro atoms. The third-order valence-electron chi connectivity index (χ3n) is 2.56. The molecule has 1 saturated heterocycles. The van der Waals surface area contributed by atoms with Gasteiger partial charge < -0.3 is 4.74 Å². The molecule has 1 heterocycles. The number of fused-ring (bicyclic) bond motifs is 1. The lowest BCUT2D eigenvalue weighted by molar-refractivity contribution is 0.294. The first-order valence-electron chi connectivity index (χ1n) is 4.41. The molecule has 2 rings (SSSR count). The van der Waals surface area contributed by atoms with Crippen LogP contribution in [0.4, 0.5) is 0 Å². The van der Waals surface area contributed by atoms with Crippen molar-refractivity contribution in [2.24, 2.45) is 0 Å². The lowest BCUT2D eigenvalue weighted by Crippen LogP contribution is -2.11. The van der Waals surface area contributed by atoms with E-state index >= 15 is 0 Å². The summed E-state index contributed by atoms with van der Waals surface area (Å²) < 4.78 is 5.64. The van der Waals surface area contributed by atoms with Gasteiger partial charge >= 0.3 is 0 Å². The normalized spacial score (nSPS) is 31.5. The van der Waals surface area contributed by atoms with E-state index in [-0.39, 0.29) is 5.60 Å². The van der Waals surface area contributed by atoms with Gasteiger partial charge in [-0.3, -0.25) is 0 Å². The van der Waals surface area contributed by atoms with E-state index in [1.54, 1.807) is 0 Å². The summed E-state index contributed by atoms with van der Waals surface area (Å²) >= 11 is 5.65. The monoisotopic (exact) mass is 184 g/mol. The summed E-state index contributed by atoms with van der Waals surface area (Å²) in [6.45, 7) is 2.10. The van der Waals surface area contributed by atoms with Crippen LogP contribution in [-0.2, 0) is 4.74 Å². The van der Waals surface area contributed by atoms with Crippen LogP contribution >= 0.6 is 11.6 Å². The van der Waals surface area contributed by atoms with E-state index in [2.05, 4.69) is 19.1 Å². The van der Waals surface area contributed by atoms with Crippen LogP contribution in [0.15, 0.2) is 23.5 Å². The van der Waals surface area contributed by atoms with E-state index in [4.69, 9.17) is 16.3 Å². The molecule has 0 saturated carbocycles. The summed E-state index contributed by atoms with van der Waals surface area (Å²) in [5.74, 6) is 1.94. The smallest absolute Gasteiger partial charge is 0.169 e. The Morgan fingerprint density at radius 3 is 3.25 bits per heavy atom. The van der Waals surface area contributed by atoms with Crippen molar-refractivity contribution in [1.82, 2.24) is 0 Å². The fourth-order valence-electron chi connectivity index (χ4n) is 1.86. The summed E-state index contributed by atoms with van der Waals surface area (Å²) in [5, 5.41) is 0. The molecule has 1 fully saturated rings. The Kier molecular flexibility index (Phi) is 1.91. The van der Waals surface area contributed by atoms with E-state index in [0.717, 1.165) is 25.1 Å². The molecule has 0 aromatic heterocycles. The predicted octanol–water partition coefficient (Wildman–Crippen LogP) is 3.01. The fraction of sp³-hybridized carbons (Fsp3) is 0.600. The number of halogens is 1. The molecule has 1 aliphatic carbocycles. The maximum atomic E-state index is 5.65. The highest BCUT2D eigenvalue weighted by molar-refractivity contribution is 6.17. The highest BCUT2D eigenvalue weighted by Gasteiger charge is 2.53. The van der Waals surface area contributed by atoms with Crippen molar-refractivity contribution in [1.29, 1.82) is 0 Å². The van der Waals surface area contributed by atoms with Crippen LogP contribution in [0.5, 0.6) is 0 Å². The van der Waals surface area contributed by atoms with Gasteiger partial charge in [0, 0.05) is 12.3 Å². The van der Waals surface area contributed by atoms with Gasteiger partial charge in [-0.05, 0) is 25.3 Å². The van der Waals surface area contributed by atoms with Gasteiger partial charge in [0.2, 0.25) is 0 Å². The summed E-state index contributed by atoms with van der Waals surface area (Å²) in [6.07, 6.45) is 7.50. The van der Waals surface area contributed by atoms with Crippen LogP contribution < -0.4 is 0 Å². The molecule has 0 radical (unpaired) electrons. The van der Waals surface area contributed by atoms with Crippen molar-refractivity contribution >= 4 is 11.6 Å². The van der Waals surface area contributed by atoms with Crippen molar-refractivity contribution in [3.63, 3.8) is 0 Å². The Morgan fingerprint density at radius 2 is 2.50 bits per heavy atom. The number of rotatable bonds is 3. The van der Waals surface area contributed by atoms with Gasteiger partial charge in [0.05, 0.1) is 0 Å². The van der Waals surface area contributed by atoms with E-state index in [0.29, 0.717) is 0 Å². The average molecular weight is 185 g/mol. The maximum Gasteiger partial charge on any atom is 0.169 e. The molecular weight excluding hydrogens is 172 g/mol. The first-order valence-corrected chi connectivity index (χ1v) is 4.95. The van der Waals surface area contributed by atoms with Gasteiger partial charge in [-0.25, -0.2) is 0 Å². The van der Waals surface area contributed by atoms with Crippen LogP contribution in [0, 0.1) is 0 Å². The number of alkyl halides is 1. The first-order chi connectivity index (χ1) is 5.78.